The number of rotatable bonds is 11. The van der Waals surface area contributed by atoms with Crippen LogP contribution in [0, 0.1) is 11.3 Å². The second-order valence-electron chi connectivity index (χ2n) is 5.28. The topological polar surface area (TPSA) is 33.0 Å². The van der Waals surface area contributed by atoms with Gasteiger partial charge in [0.15, 0.2) is 0 Å². The van der Waals surface area contributed by atoms with Crippen LogP contribution in [0.15, 0.2) is 23.9 Å². The molecule has 19 heavy (non-hydrogen) atoms. The minimum Gasteiger partial charge on any atom is -0.376 e. The summed E-state index contributed by atoms with van der Waals surface area (Å²) >= 11 is 0. The second kappa shape index (κ2) is 11.0. The third kappa shape index (κ3) is 7.34. The van der Waals surface area contributed by atoms with Gasteiger partial charge in [-0.3, -0.25) is 0 Å². The zero-order valence-electron chi connectivity index (χ0n) is 12.9. The molecule has 0 amide bonds. The molecule has 0 spiro atoms. The first-order chi connectivity index (χ1) is 9.14. The minimum absolute atomic E-state index is 0.481. The smallest absolute Gasteiger partial charge is 0.0811 e. The van der Waals surface area contributed by atoms with Crippen LogP contribution < -0.4 is 0 Å². The summed E-state index contributed by atoms with van der Waals surface area (Å²) < 4.78 is 5.68. The average molecular weight is 280 g/mol. The summed E-state index contributed by atoms with van der Waals surface area (Å²) in [5.41, 5.74) is 0. The number of nitriles is 1. The molecule has 0 aliphatic heterocycles. The maximum Gasteiger partial charge on any atom is 0.0811 e. The molecule has 0 fully saturated rings. The van der Waals surface area contributed by atoms with Crippen molar-refractivity contribution in [3.63, 3.8) is 0 Å². The molecule has 0 atom stereocenters. The lowest BCUT2D eigenvalue weighted by atomic mass is 10.4. The maximum absolute atomic E-state index is 8.55. The lowest BCUT2D eigenvalue weighted by Crippen LogP contribution is -2.35. The third-order valence-electron chi connectivity index (χ3n) is 3.53. The standard InChI is InChI=1S/C16H29NOSi/c1-5-8-10-16(15-18-12-9-11-17)19(4,13-6-2)14-7-3/h5,10H,1,6-9,12-15H2,2-4H3. The average Bonchev–Trinajstić information content (AvgIpc) is 2.38. The van der Waals surface area contributed by atoms with Crippen LogP contribution in [-0.2, 0) is 4.74 Å². The normalized spacial score (nSPS) is 12.2. The number of hydrogen-bond donors (Lipinski definition) is 0. The fraction of sp³-hybridized carbons (Fsp3) is 0.688. The molecule has 0 rings (SSSR count). The van der Waals surface area contributed by atoms with E-state index in [1.807, 2.05) is 6.08 Å². The van der Waals surface area contributed by atoms with Crippen LogP contribution in [0.1, 0.15) is 39.5 Å². The summed E-state index contributed by atoms with van der Waals surface area (Å²) in [6.07, 6.45) is 8.15. The van der Waals surface area contributed by atoms with Crippen molar-refractivity contribution >= 4 is 8.07 Å². The first-order valence-electron chi connectivity index (χ1n) is 7.39. The van der Waals surface area contributed by atoms with E-state index in [0.717, 1.165) is 6.42 Å². The molecule has 0 aliphatic rings. The van der Waals surface area contributed by atoms with Crippen LogP contribution in [0.25, 0.3) is 0 Å². The highest BCUT2D eigenvalue weighted by molar-refractivity contribution is 6.85. The molecule has 0 aliphatic carbocycles. The van der Waals surface area contributed by atoms with E-state index in [-0.39, 0.29) is 0 Å². The van der Waals surface area contributed by atoms with Crippen molar-refractivity contribution in [1.82, 2.24) is 0 Å². The highest BCUT2D eigenvalue weighted by Gasteiger charge is 2.29. The van der Waals surface area contributed by atoms with Gasteiger partial charge in [-0.2, -0.15) is 5.26 Å². The van der Waals surface area contributed by atoms with Crippen LogP contribution in [0.3, 0.4) is 0 Å². The Kier molecular flexibility index (Phi) is 10.5. The zero-order valence-corrected chi connectivity index (χ0v) is 13.9. The first-order valence-corrected chi connectivity index (χ1v) is 10.3. The maximum atomic E-state index is 8.55. The van der Waals surface area contributed by atoms with Gasteiger partial charge in [-0.15, -0.1) is 6.58 Å². The predicted octanol–water partition coefficient (Wildman–Crippen LogP) is 4.86. The lowest BCUT2D eigenvalue weighted by Gasteiger charge is -2.30. The molecule has 0 saturated heterocycles. The Labute approximate surface area is 120 Å². The van der Waals surface area contributed by atoms with Gasteiger partial charge in [0.05, 0.1) is 33.8 Å². The fourth-order valence-electron chi connectivity index (χ4n) is 2.55. The number of nitrogens with zero attached hydrogens (tertiary/aromatic N) is 1. The predicted molar refractivity (Wildman–Crippen MR) is 85.8 cm³/mol. The molecule has 0 aromatic rings. The molecule has 0 bridgehead atoms. The van der Waals surface area contributed by atoms with Crippen molar-refractivity contribution in [2.75, 3.05) is 13.2 Å². The van der Waals surface area contributed by atoms with Gasteiger partial charge in [0.25, 0.3) is 0 Å². The van der Waals surface area contributed by atoms with Crippen molar-refractivity contribution in [1.29, 1.82) is 5.26 Å². The second-order valence-corrected chi connectivity index (χ2v) is 10.0. The van der Waals surface area contributed by atoms with Crippen LogP contribution in [0.4, 0.5) is 0 Å². The van der Waals surface area contributed by atoms with Gasteiger partial charge < -0.3 is 4.74 Å². The third-order valence-corrected chi connectivity index (χ3v) is 8.63. The summed E-state index contributed by atoms with van der Waals surface area (Å²) in [6, 6.07) is 4.77. The van der Waals surface area contributed by atoms with Gasteiger partial charge in [0.2, 0.25) is 0 Å². The van der Waals surface area contributed by atoms with Crippen LogP contribution in [0.5, 0.6) is 0 Å². The number of allylic oxidation sites excluding steroid dienone is 2. The van der Waals surface area contributed by atoms with E-state index in [4.69, 9.17) is 10.00 Å². The van der Waals surface area contributed by atoms with Crippen molar-refractivity contribution in [3.8, 4) is 6.07 Å². The van der Waals surface area contributed by atoms with E-state index in [1.165, 1.54) is 30.1 Å². The van der Waals surface area contributed by atoms with Crippen molar-refractivity contribution in [2.45, 2.75) is 58.2 Å². The number of ether oxygens (including phenoxy) is 1. The van der Waals surface area contributed by atoms with E-state index in [2.05, 4.69) is 39.1 Å². The van der Waals surface area contributed by atoms with Gasteiger partial charge in [-0.25, -0.2) is 0 Å². The molecule has 0 aromatic heterocycles. The van der Waals surface area contributed by atoms with E-state index >= 15 is 0 Å². The molecule has 0 radical (unpaired) electrons. The Morgan fingerprint density at radius 3 is 2.42 bits per heavy atom. The van der Waals surface area contributed by atoms with Gasteiger partial charge in [0.1, 0.15) is 0 Å². The summed E-state index contributed by atoms with van der Waals surface area (Å²) in [5.74, 6) is 0. The molecule has 0 heterocycles. The van der Waals surface area contributed by atoms with Gasteiger partial charge in [-0.05, 0) is 6.42 Å². The Hall–Kier alpha value is -0.853. The van der Waals surface area contributed by atoms with Gasteiger partial charge >= 0.3 is 0 Å². The molecule has 2 nitrogen and oxygen atoms in total. The minimum atomic E-state index is -1.37. The van der Waals surface area contributed by atoms with E-state index in [1.54, 1.807) is 0 Å². The SMILES string of the molecule is C=CCC=C(COCCC#N)[Si](C)(CCC)CCC. The Bertz CT molecular complexity index is 311. The summed E-state index contributed by atoms with van der Waals surface area (Å²) in [7, 11) is -1.37. The molecule has 108 valence electrons. The molecule has 0 N–H and O–H groups in total. The molecule has 0 unspecified atom stereocenters. The van der Waals surface area contributed by atoms with Gasteiger partial charge in [0, 0.05) is 0 Å². The summed E-state index contributed by atoms with van der Waals surface area (Å²) in [4.78, 5) is 0. The van der Waals surface area contributed by atoms with E-state index in [0.29, 0.717) is 19.6 Å². The largest absolute Gasteiger partial charge is 0.376 e. The van der Waals surface area contributed by atoms with Crippen molar-refractivity contribution in [3.05, 3.63) is 23.9 Å². The highest BCUT2D eigenvalue weighted by Crippen LogP contribution is 2.28. The Balaban J connectivity index is 4.76. The van der Waals surface area contributed by atoms with E-state index in [9.17, 15) is 0 Å². The molecular weight excluding hydrogens is 250 g/mol. The Morgan fingerprint density at radius 1 is 1.32 bits per heavy atom. The number of hydrogen-bond acceptors (Lipinski definition) is 2. The lowest BCUT2D eigenvalue weighted by molar-refractivity contribution is 0.165. The molecule has 0 aromatic carbocycles. The summed E-state index contributed by atoms with van der Waals surface area (Å²) in [6.45, 7) is 12.1. The van der Waals surface area contributed by atoms with Gasteiger partial charge in [-0.1, -0.05) is 62.7 Å². The monoisotopic (exact) mass is 279 g/mol. The Morgan fingerprint density at radius 2 is 1.95 bits per heavy atom. The van der Waals surface area contributed by atoms with E-state index < -0.39 is 8.07 Å². The highest BCUT2D eigenvalue weighted by atomic mass is 28.3. The molecule has 3 heteroatoms. The quantitative estimate of drug-likeness (QED) is 0.307. The van der Waals surface area contributed by atoms with Crippen LogP contribution in [0.2, 0.25) is 18.6 Å². The van der Waals surface area contributed by atoms with Crippen molar-refractivity contribution < 1.29 is 4.74 Å². The molecular formula is C16H29NOSi. The first kappa shape index (κ1) is 18.1. The van der Waals surface area contributed by atoms with Crippen LogP contribution >= 0.6 is 0 Å². The van der Waals surface area contributed by atoms with Crippen molar-refractivity contribution in [2.24, 2.45) is 0 Å². The zero-order chi connectivity index (χ0) is 14.6. The fourth-order valence-corrected chi connectivity index (χ4v) is 6.72. The molecule has 0 saturated carbocycles. The van der Waals surface area contributed by atoms with Crippen LogP contribution in [-0.4, -0.2) is 21.3 Å². The summed E-state index contributed by atoms with van der Waals surface area (Å²) in [5, 5.41) is 10.1.